The lowest BCUT2D eigenvalue weighted by Gasteiger charge is -2.32. The van der Waals surface area contributed by atoms with Gasteiger partial charge in [-0.2, -0.15) is 0 Å². The first-order chi connectivity index (χ1) is 16.0. The molecule has 1 saturated heterocycles. The number of aryl methyl sites for hydroxylation is 2. The largest absolute Gasteiger partial charge is 0.368 e. The number of pyridine rings is 2. The molecule has 8 heteroatoms. The molecule has 4 aromatic rings. The maximum Gasteiger partial charge on any atom is 0.270 e. The molecule has 0 bridgehead atoms. The van der Waals surface area contributed by atoms with Crippen LogP contribution in [0.1, 0.15) is 33.5 Å². The number of rotatable bonds is 4. The Balaban J connectivity index is 1.35. The highest BCUT2D eigenvalue weighted by Gasteiger charge is 2.29. The van der Waals surface area contributed by atoms with Crippen molar-refractivity contribution in [2.75, 3.05) is 25.0 Å². The van der Waals surface area contributed by atoms with E-state index < -0.39 is 0 Å². The Labute approximate surface area is 190 Å². The van der Waals surface area contributed by atoms with Crippen molar-refractivity contribution in [2.24, 2.45) is 0 Å². The highest BCUT2D eigenvalue weighted by atomic mass is 19.1. The lowest BCUT2D eigenvalue weighted by molar-refractivity contribution is -0.0248. The number of nitrogens with one attached hydrogen (secondary N) is 2. The molecule has 1 amide bonds. The minimum absolute atomic E-state index is 0.129. The van der Waals surface area contributed by atoms with Crippen molar-refractivity contribution in [3.63, 3.8) is 0 Å². The monoisotopic (exact) mass is 445 g/mol. The van der Waals surface area contributed by atoms with Crippen LogP contribution in [0.15, 0.2) is 54.6 Å². The zero-order valence-electron chi connectivity index (χ0n) is 18.4. The van der Waals surface area contributed by atoms with Crippen LogP contribution in [-0.4, -0.2) is 45.5 Å². The van der Waals surface area contributed by atoms with Crippen LogP contribution in [0, 0.1) is 19.7 Å². The summed E-state index contributed by atoms with van der Waals surface area (Å²) in [7, 11) is 0. The maximum absolute atomic E-state index is 13.7. The molecule has 1 atom stereocenters. The number of H-pyrrole nitrogens is 1. The van der Waals surface area contributed by atoms with Crippen molar-refractivity contribution in [3.05, 3.63) is 83.1 Å². The summed E-state index contributed by atoms with van der Waals surface area (Å²) in [6, 6.07) is 15.9. The van der Waals surface area contributed by atoms with E-state index in [9.17, 15) is 9.18 Å². The number of halogens is 1. The second kappa shape index (κ2) is 8.63. The summed E-state index contributed by atoms with van der Waals surface area (Å²) in [5, 5.41) is 3.93. The molecule has 1 fully saturated rings. The van der Waals surface area contributed by atoms with Crippen LogP contribution in [0.4, 0.5) is 16.0 Å². The molecule has 5 rings (SSSR count). The first-order valence-corrected chi connectivity index (χ1v) is 10.8. The third-order valence-electron chi connectivity index (χ3n) is 5.83. The zero-order chi connectivity index (χ0) is 22.9. The van der Waals surface area contributed by atoms with Crippen LogP contribution in [0.2, 0.25) is 0 Å². The molecular formula is C25H24FN5O2. The average Bonchev–Trinajstić information content (AvgIpc) is 3.14. The van der Waals surface area contributed by atoms with E-state index in [1.165, 1.54) is 12.1 Å². The molecule has 0 spiro atoms. The van der Waals surface area contributed by atoms with Crippen molar-refractivity contribution in [1.29, 1.82) is 0 Å². The summed E-state index contributed by atoms with van der Waals surface area (Å²) >= 11 is 0. The number of ether oxygens (including phenoxy) is 1. The number of anilines is 2. The normalized spacial score (nSPS) is 16.2. The van der Waals surface area contributed by atoms with Crippen LogP contribution in [0.5, 0.6) is 0 Å². The maximum atomic E-state index is 13.7. The van der Waals surface area contributed by atoms with Gasteiger partial charge in [0.2, 0.25) is 0 Å². The van der Waals surface area contributed by atoms with Crippen LogP contribution in [-0.2, 0) is 4.74 Å². The number of nitrogens with zero attached hydrogens (tertiary/aromatic N) is 3. The number of carbonyl (C=O) groups excluding carboxylic acids is 1. The molecule has 4 heterocycles. The van der Waals surface area contributed by atoms with Crippen molar-refractivity contribution in [1.82, 2.24) is 19.9 Å². The summed E-state index contributed by atoms with van der Waals surface area (Å²) < 4.78 is 19.6. The van der Waals surface area contributed by atoms with Crippen LogP contribution < -0.4 is 5.32 Å². The number of amides is 1. The van der Waals surface area contributed by atoms with Gasteiger partial charge in [0.15, 0.2) is 0 Å². The third kappa shape index (κ3) is 4.29. The first kappa shape index (κ1) is 21.1. The topological polar surface area (TPSA) is 83.1 Å². The number of aromatic amines is 1. The van der Waals surface area contributed by atoms with Gasteiger partial charge in [0.25, 0.3) is 5.91 Å². The number of fused-ring (bicyclic) bond motifs is 1. The smallest absolute Gasteiger partial charge is 0.270 e. The fourth-order valence-corrected chi connectivity index (χ4v) is 4.13. The number of aromatic nitrogens is 3. The Bertz CT molecular complexity index is 1340. The summed E-state index contributed by atoms with van der Waals surface area (Å²) in [5.74, 6) is 0.920. The van der Waals surface area contributed by atoms with E-state index in [4.69, 9.17) is 4.74 Å². The summed E-state index contributed by atoms with van der Waals surface area (Å²) in [6.07, 6.45) is -0.350. The van der Waals surface area contributed by atoms with Crippen LogP contribution in [0.3, 0.4) is 0 Å². The molecule has 1 aliphatic heterocycles. The lowest BCUT2D eigenvalue weighted by Crippen LogP contribution is -2.42. The van der Waals surface area contributed by atoms with Gasteiger partial charge >= 0.3 is 0 Å². The first-order valence-electron chi connectivity index (χ1n) is 10.8. The molecule has 1 aliphatic rings. The van der Waals surface area contributed by atoms with Gasteiger partial charge in [-0.25, -0.2) is 14.4 Å². The number of hydrogen-bond acceptors (Lipinski definition) is 5. The number of morpholine rings is 1. The number of carbonyl (C=O) groups is 1. The van der Waals surface area contributed by atoms with Gasteiger partial charge in [-0.1, -0.05) is 12.1 Å². The predicted molar refractivity (Wildman–Crippen MR) is 124 cm³/mol. The Kier molecular flexibility index (Phi) is 5.51. The third-order valence-corrected chi connectivity index (χ3v) is 5.83. The van der Waals surface area contributed by atoms with Crippen LogP contribution in [0.25, 0.3) is 10.9 Å². The average molecular weight is 445 g/mol. The summed E-state index contributed by atoms with van der Waals surface area (Å²) in [4.78, 5) is 27.3. The highest BCUT2D eigenvalue weighted by Crippen LogP contribution is 2.27. The number of hydrogen-bond donors (Lipinski definition) is 2. The fourth-order valence-electron chi connectivity index (χ4n) is 4.13. The zero-order valence-corrected chi connectivity index (χ0v) is 18.4. The molecule has 168 valence electrons. The van der Waals surface area contributed by atoms with Crippen LogP contribution >= 0.6 is 0 Å². The second-order valence-electron chi connectivity index (χ2n) is 8.16. The van der Waals surface area contributed by atoms with Crippen molar-refractivity contribution < 1.29 is 13.9 Å². The van der Waals surface area contributed by atoms with Gasteiger partial charge in [0.1, 0.15) is 29.3 Å². The number of benzene rings is 1. The molecule has 0 saturated carbocycles. The van der Waals surface area contributed by atoms with Crippen molar-refractivity contribution in [2.45, 2.75) is 20.0 Å². The lowest BCUT2D eigenvalue weighted by atomic mass is 10.1. The standard InChI is InChI=1S/C25H24FN5O2/c1-15-5-3-7-22(27-15)30-23-8-4-6-20(28-23)21-14-31(11-12-33-21)25(32)24-16(2)18-13-17(26)9-10-19(18)29-24/h3-10,13,21,29H,11-12,14H2,1-2H3,(H,27,28,30)/t21-/m0/s1. The Hall–Kier alpha value is -3.78. The van der Waals surface area contributed by atoms with Crippen molar-refractivity contribution >= 4 is 28.4 Å². The summed E-state index contributed by atoms with van der Waals surface area (Å²) in [5.41, 5.74) is 3.61. The molecule has 0 radical (unpaired) electrons. The van der Waals surface area contributed by atoms with E-state index in [0.29, 0.717) is 42.4 Å². The van der Waals surface area contributed by atoms with E-state index in [2.05, 4.69) is 20.3 Å². The highest BCUT2D eigenvalue weighted by molar-refractivity contribution is 6.01. The predicted octanol–water partition coefficient (Wildman–Crippen LogP) is 4.67. The SMILES string of the molecule is Cc1cccc(Nc2cccc([C@@H]3CN(C(=O)c4[nH]c5ccc(F)cc5c4C)CCO3)n2)n1. The van der Waals surface area contributed by atoms with Gasteiger partial charge in [-0.15, -0.1) is 0 Å². The van der Waals surface area contributed by atoms with E-state index in [0.717, 1.165) is 22.5 Å². The molecule has 0 aliphatic carbocycles. The fraction of sp³-hybridized carbons (Fsp3) is 0.240. The minimum Gasteiger partial charge on any atom is -0.368 e. The van der Waals surface area contributed by atoms with E-state index in [1.54, 1.807) is 11.0 Å². The Morgan fingerprint density at radius 3 is 2.73 bits per heavy atom. The molecule has 3 aromatic heterocycles. The second-order valence-corrected chi connectivity index (χ2v) is 8.16. The van der Waals surface area contributed by atoms with Gasteiger partial charge in [0.05, 0.1) is 18.8 Å². The molecule has 1 aromatic carbocycles. The van der Waals surface area contributed by atoms with E-state index >= 15 is 0 Å². The van der Waals surface area contributed by atoms with E-state index in [-0.39, 0.29) is 17.8 Å². The van der Waals surface area contributed by atoms with Gasteiger partial charge in [0, 0.05) is 23.1 Å². The Morgan fingerprint density at radius 2 is 1.91 bits per heavy atom. The summed E-state index contributed by atoms with van der Waals surface area (Å²) in [6.45, 7) is 5.02. The quantitative estimate of drug-likeness (QED) is 0.477. The van der Waals surface area contributed by atoms with Gasteiger partial charge in [-0.3, -0.25) is 4.79 Å². The van der Waals surface area contributed by atoms with E-state index in [1.807, 2.05) is 50.2 Å². The minimum atomic E-state index is -0.350. The Morgan fingerprint density at radius 1 is 1.12 bits per heavy atom. The van der Waals surface area contributed by atoms with Gasteiger partial charge < -0.3 is 19.9 Å². The molecule has 2 N–H and O–H groups in total. The van der Waals surface area contributed by atoms with Gasteiger partial charge in [-0.05, 0) is 61.9 Å². The molecule has 7 nitrogen and oxygen atoms in total. The molecule has 33 heavy (non-hydrogen) atoms. The molecular weight excluding hydrogens is 421 g/mol. The van der Waals surface area contributed by atoms with Crippen molar-refractivity contribution in [3.8, 4) is 0 Å². The molecule has 0 unspecified atom stereocenters.